The number of rotatable bonds is 41. The molecule has 3 aromatic heterocycles. The Labute approximate surface area is 604 Å². The number of amides is 5. The summed E-state index contributed by atoms with van der Waals surface area (Å²) in [5.74, 6) is -8.60. The van der Waals surface area contributed by atoms with Crippen molar-refractivity contribution in [3.05, 3.63) is 193 Å². The summed E-state index contributed by atoms with van der Waals surface area (Å²) in [6, 6.07) is 33.1. The van der Waals surface area contributed by atoms with Gasteiger partial charge in [-0.2, -0.15) is 0 Å². The Balaban J connectivity index is 1.01. The summed E-state index contributed by atoms with van der Waals surface area (Å²) < 4.78 is 10.8. The lowest BCUT2D eigenvalue weighted by Gasteiger charge is -2.35. The summed E-state index contributed by atoms with van der Waals surface area (Å²) in [6.45, 7) is 0.122. The number of nitro groups is 3. The Hall–Kier alpha value is -11.2. The van der Waals surface area contributed by atoms with Crippen molar-refractivity contribution in [2.24, 2.45) is 5.73 Å². The molecule has 0 bridgehead atoms. The number of ether oxygens (including phenoxy) is 2. The number of carboxylic acids is 3. The molecule has 544 valence electrons. The molecule has 31 nitrogen and oxygen atoms in total. The van der Waals surface area contributed by atoms with Crippen LogP contribution in [0.5, 0.6) is 0 Å². The van der Waals surface area contributed by atoms with Gasteiger partial charge in [0.25, 0.3) is 17.1 Å². The normalized spacial score (nSPS) is 12.7. The largest absolute Gasteiger partial charge is 0.480 e. The molecule has 9 rings (SSSR count). The number of fused-ring (bicyclic) bond motifs is 3. The number of hydrogen-bond donors (Lipinski definition) is 12. The van der Waals surface area contributed by atoms with Crippen molar-refractivity contribution in [2.45, 2.75) is 118 Å². The number of carbonyl (C=O) groups excluding carboxylic acids is 5. The minimum atomic E-state index is -1.88. The number of nitro benzene ring substituents is 3. The Morgan fingerprint density at radius 2 is 0.750 bits per heavy atom. The Morgan fingerprint density at radius 3 is 1.06 bits per heavy atom. The molecule has 0 aliphatic carbocycles. The highest BCUT2D eigenvalue weighted by Gasteiger charge is 2.37. The molecule has 3 heterocycles. The molecule has 0 aliphatic heterocycles. The Kier molecular flexibility index (Phi) is 27.1. The second-order valence-electron chi connectivity index (χ2n) is 23.9. The van der Waals surface area contributed by atoms with Gasteiger partial charge in [0.15, 0.2) is 0 Å². The zero-order valence-corrected chi connectivity index (χ0v) is 57.9. The van der Waals surface area contributed by atoms with E-state index < -0.39 is 131 Å². The molecular weight excluding hydrogens is 1410 g/mol. The first-order valence-electron chi connectivity index (χ1n) is 32.5. The maximum absolute atomic E-state index is 14.5. The summed E-state index contributed by atoms with van der Waals surface area (Å²) in [5, 5.41) is 83.0. The molecular formula is C70H72N12O19S3. The van der Waals surface area contributed by atoms with E-state index in [1.165, 1.54) is 72.8 Å². The molecule has 0 aliphatic rings. The average molecular weight is 1480 g/mol. The first-order valence-corrected chi connectivity index (χ1v) is 35.0. The minimum Gasteiger partial charge on any atom is -0.480 e. The number of nitrogens with two attached hydrogens (primary N) is 1. The van der Waals surface area contributed by atoms with Gasteiger partial charge in [-0.15, -0.1) is 0 Å². The SMILES string of the molecule is NCCOCCOCCC(=O)NCC(=O)NC(CCC(=O)NC(Cc1c(Sc2ccc([N+](=O)[O-])cc2)[nH]c2ccccc12)C(=O)O)(CCC(=O)NC(Cc1c(Sc2ccc([N+](=O)[O-])cc2)[nH]c2ccccc12)C(=O)O)CCC(=O)NC(Cc1c(Sc2ccc([N+](=O)[O-])cc2)[nH]c2ccccc12)C(=O)O. The number of aromatic nitrogens is 3. The van der Waals surface area contributed by atoms with Crippen molar-refractivity contribution in [2.75, 3.05) is 39.5 Å². The summed E-state index contributed by atoms with van der Waals surface area (Å²) in [5.41, 5.74) is 6.35. The van der Waals surface area contributed by atoms with E-state index in [-0.39, 0.29) is 69.1 Å². The van der Waals surface area contributed by atoms with Crippen molar-refractivity contribution < 1.29 is 77.9 Å². The van der Waals surface area contributed by atoms with Gasteiger partial charge < -0.3 is 72.1 Å². The van der Waals surface area contributed by atoms with Gasteiger partial charge in [-0.1, -0.05) is 89.9 Å². The first kappa shape index (κ1) is 77.0. The van der Waals surface area contributed by atoms with Gasteiger partial charge >= 0.3 is 17.9 Å². The van der Waals surface area contributed by atoms with E-state index >= 15 is 0 Å². The van der Waals surface area contributed by atoms with Crippen LogP contribution in [-0.2, 0) is 67.1 Å². The lowest BCUT2D eigenvalue weighted by molar-refractivity contribution is -0.385. The molecule has 13 N–H and O–H groups in total. The van der Waals surface area contributed by atoms with Crippen LogP contribution in [0.15, 0.2) is 175 Å². The van der Waals surface area contributed by atoms with E-state index in [4.69, 9.17) is 15.2 Å². The summed E-state index contributed by atoms with van der Waals surface area (Å²) in [4.78, 5) is 155. The van der Waals surface area contributed by atoms with Crippen molar-refractivity contribution in [3.63, 3.8) is 0 Å². The predicted molar refractivity (Wildman–Crippen MR) is 383 cm³/mol. The van der Waals surface area contributed by atoms with E-state index in [0.29, 0.717) is 85.8 Å². The predicted octanol–water partition coefficient (Wildman–Crippen LogP) is 8.74. The van der Waals surface area contributed by atoms with Gasteiger partial charge in [-0.3, -0.25) is 54.3 Å². The van der Waals surface area contributed by atoms with Crippen LogP contribution in [-0.4, -0.2) is 156 Å². The summed E-state index contributed by atoms with van der Waals surface area (Å²) >= 11 is 3.49. The zero-order valence-electron chi connectivity index (χ0n) is 55.4. The number of benzene rings is 6. The molecule has 6 aromatic carbocycles. The van der Waals surface area contributed by atoms with Crippen LogP contribution in [0.4, 0.5) is 17.1 Å². The molecule has 9 aromatic rings. The third kappa shape index (κ3) is 21.5. The van der Waals surface area contributed by atoms with E-state index in [2.05, 4.69) is 41.5 Å². The molecule has 0 fully saturated rings. The number of aromatic amines is 3. The molecule has 3 unspecified atom stereocenters. The lowest BCUT2D eigenvalue weighted by atomic mass is 9.82. The molecule has 5 amide bonds. The number of H-pyrrole nitrogens is 3. The number of aliphatic carboxylic acids is 3. The standard InChI is InChI=1S/C70H72N12O19S3/c71-32-34-101-36-35-100-33-28-59(83)72-40-63(87)79-70(29-25-60(84)73-56(67(88)89)37-50-47-7-1-4-10-53(47)76-64(50)102-44-19-13-41(14-20-44)80(94)95,30-26-61(85)74-57(68(90)91)38-51-48-8-2-5-11-54(48)77-65(51)103-45-21-15-42(16-22-45)81(96)97)31-27-62(86)75-58(69(92)93)39-52-49-9-3-6-12-55(49)78-66(52)104-46-23-17-43(18-24-46)82(98)99/h1-24,56-58,76-78H,25-40,71H2,(H,72,83)(H,73,84)(H,74,85)(H,75,86)(H,79,87)(H,88,89)(H,90,91)(H,92,93). The van der Waals surface area contributed by atoms with Crippen LogP contribution in [0.2, 0.25) is 0 Å². The van der Waals surface area contributed by atoms with Crippen LogP contribution in [0, 0.1) is 30.3 Å². The molecule has 0 spiro atoms. The van der Waals surface area contributed by atoms with Crippen LogP contribution in [0.25, 0.3) is 32.7 Å². The van der Waals surface area contributed by atoms with Crippen molar-refractivity contribution in [3.8, 4) is 0 Å². The smallest absolute Gasteiger partial charge is 0.326 e. The van der Waals surface area contributed by atoms with Crippen molar-refractivity contribution >= 4 is 133 Å². The molecule has 3 atom stereocenters. The minimum absolute atomic E-state index is 0.0740. The maximum Gasteiger partial charge on any atom is 0.326 e. The van der Waals surface area contributed by atoms with Gasteiger partial charge in [0, 0.05) is 141 Å². The highest BCUT2D eigenvalue weighted by atomic mass is 32.2. The van der Waals surface area contributed by atoms with Gasteiger partial charge in [0.05, 0.1) is 62.8 Å². The van der Waals surface area contributed by atoms with E-state index in [0.717, 1.165) is 35.3 Å². The fraction of sp³-hybridized carbons (Fsp3) is 0.286. The van der Waals surface area contributed by atoms with Crippen molar-refractivity contribution in [1.82, 2.24) is 41.5 Å². The fourth-order valence-corrected chi connectivity index (χ4v) is 14.4. The third-order valence-electron chi connectivity index (χ3n) is 16.7. The number of nitrogens with one attached hydrogen (secondary N) is 8. The highest BCUT2D eigenvalue weighted by molar-refractivity contribution is 7.99. The van der Waals surface area contributed by atoms with Crippen LogP contribution in [0.1, 0.15) is 61.6 Å². The molecule has 0 radical (unpaired) electrons. The van der Waals surface area contributed by atoms with E-state index in [1.807, 2.05) is 0 Å². The molecule has 104 heavy (non-hydrogen) atoms. The van der Waals surface area contributed by atoms with Gasteiger partial charge in [0.1, 0.15) is 18.1 Å². The monoisotopic (exact) mass is 1480 g/mol. The second-order valence-corrected chi connectivity index (χ2v) is 27.1. The molecule has 0 saturated heterocycles. The average Bonchev–Trinajstić information content (AvgIpc) is 1.66. The topological polar surface area (TPSA) is 479 Å². The highest BCUT2D eigenvalue weighted by Crippen LogP contribution is 2.40. The third-order valence-corrected chi connectivity index (χ3v) is 19.9. The second kappa shape index (κ2) is 36.6. The summed E-state index contributed by atoms with van der Waals surface area (Å²) in [7, 11) is 0. The number of carbonyl (C=O) groups is 8. The van der Waals surface area contributed by atoms with Crippen LogP contribution in [0.3, 0.4) is 0 Å². The number of nitrogens with zero attached hydrogens (tertiary/aromatic N) is 3. The number of non-ortho nitro benzene ring substituents is 3. The van der Waals surface area contributed by atoms with Crippen molar-refractivity contribution in [1.29, 1.82) is 0 Å². The fourth-order valence-electron chi connectivity index (χ4n) is 11.5. The quantitative estimate of drug-likeness (QED) is 0.00967. The maximum atomic E-state index is 14.5. The summed E-state index contributed by atoms with van der Waals surface area (Å²) in [6.07, 6.45) is -4.41. The molecule has 0 saturated carbocycles. The molecule has 34 heteroatoms. The Morgan fingerprint density at radius 1 is 0.433 bits per heavy atom. The Bertz CT molecular complexity index is 4210. The van der Waals surface area contributed by atoms with Gasteiger partial charge in [-0.05, 0) is 90.6 Å². The van der Waals surface area contributed by atoms with Gasteiger partial charge in [0.2, 0.25) is 29.5 Å². The first-order chi connectivity index (χ1) is 49.9. The van der Waals surface area contributed by atoms with Crippen LogP contribution < -0.4 is 32.3 Å². The van der Waals surface area contributed by atoms with E-state index in [1.54, 1.807) is 72.8 Å². The van der Waals surface area contributed by atoms with Gasteiger partial charge in [-0.25, -0.2) is 14.4 Å². The van der Waals surface area contributed by atoms with Crippen LogP contribution >= 0.6 is 35.3 Å². The number of hydrogen-bond acceptors (Lipinski definition) is 20. The number of para-hydroxylation sites is 3. The zero-order chi connectivity index (χ0) is 74.5. The van der Waals surface area contributed by atoms with E-state index in [9.17, 15) is 84.0 Å². The lowest BCUT2D eigenvalue weighted by Crippen LogP contribution is -2.54. The number of carboxylic acid groups (broad SMARTS) is 3.